The quantitative estimate of drug-likeness (QED) is 0.686. The highest BCUT2D eigenvalue weighted by molar-refractivity contribution is 5.52. The summed E-state index contributed by atoms with van der Waals surface area (Å²) in [5, 5.41) is 0. The van der Waals surface area contributed by atoms with Crippen LogP contribution < -0.4 is 0 Å². The lowest BCUT2D eigenvalue weighted by atomic mass is 10.1. The number of rotatable bonds is 2. The molecule has 84 valence electrons. The Hall–Kier alpha value is -1.31. The second kappa shape index (κ2) is 3.93. The van der Waals surface area contributed by atoms with Crippen molar-refractivity contribution in [1.29, 1.82) is 0 Å². The zero-order valence-electron chi connectivity index (χ0n) is 9.84. The third-order valence-electron chi connectivity index (χ3n) is 3.92. The predicted molar refractivity (Wildman–Crippen MR) is 65.8 cm³/mol. The van der Waals surface area contributed by atoms with Crippen LogP contribution in [0.1, 0.15) is 31.4 Å². The van der Waals surface area contributed by atoms with E-state index in [4.69, 9.17) is 0 Å². The lowest BCUT2D eigenvalue weighted by Gasteiger charge is -2.17. The van der Waals surface area contributed by atoms with Crippen LogP contribution in [0.25, 0.3) is 0 Å². The Labute approximate surface area is 97.2 Å². The molecule has 1 saturated heterocycles. The Balaban J connectivity index is 1.78. The SMILES string of the molecule is C[C@H](c1ccccc1)N1C=[N+]2CCC[C@H]2C1. The molecule has 0 aromatic heterocycles. The zero-order chi connectivity index (χ0) is 11.0. The van der Waals surface area contributed by atoms with Crippen molar-refractivity contribution < 1.29 is 4.58 Å². The first-order valence-corrected chi connectivity index (χ1v) is 6.26. The maximum atomic E-state index is 2.51. The van der Waals surface area contributed by atoms with Crippen LogP contribution in [0.2, 0.25) is 0 Å². The van der Waals surface area contributed by atoms with Gasteiger partial charge in [-0.1, -0.05) is 30.3 Å². The Bertz CT molecular complexity index is 396. The van der Waals surface area contributed by atoms with Gasteiger partial charge in [0.25, 0.3) is 0 Å². The van der Waals surface area contributed by atoms with E-state index in [-0.39, 0.29) is 0 Å². The van der Waals surface area contributed by atoms with E-state index in [9.17, 15) is 0 Å². The monoisotopic (exact) mass is 215 g/mol. The number of benzene rings is 1. The summed E-state index contributed by atoms with van der Waals surface area (Å²) in [6.45, 7) is 4.76. The first-order valence-electron chi connectivity index (χ1n) is 6.26. The summed E-state index contributed by atoms with van der Waals surface area (Å²) in [7, 11) is 0. The lowest BCUT2D eigenvalue weighted by Crippen LogP contribution is -2.26. The van der Waals surface area contributed by atoms with Crippen molar-refractivity contribution >= 4 is 6.34 Å². The van der Waals surface area contributed by atoms with Crippen molar-refractivity contribution in [2.75, 3.05) is 13.1 Å². The van der Waals surface area contributed by atoms with Crippen molar-refractivity contribution in [1.82, 2.24) is 4.90 Å². The summed E-state index contributed by atoms with van der Waals surface area (Å²) in [5.41, 5.74) is 1.42. The van der Waals surface area contributed by atoms with Crippen LogP contribution in [0.4, 0.5) is 0 Å². The molecule has 1 aromatic carbocycles. The minimum absolute atomic E-state index is 0.506. The molecule has 2 aliphatic rings. The normalized spacial score (nSPS) is 25.4. The van der Waals surface area contributed by atoms with Crippen molar-refractivity contribution in [3.8, 4) is 0 Å². The molecule has 2 atom stereocenters. The Morgan fingerprint density at radius 3 is 2.88 bits per heavy atom. The van der Waals surface area contributed by atoms with Gasteiger partial charge in [0.2, 0.25) is 6.34 Å². The first kappa shape index (κ1) is 9.88. The van der Waals surface area contributed by atoms with Gasteiger partial charge in [-0.2, -0.15) is 0 Å². The summed E-state index contributed by atoms with van der Waals surface area (Å²) in [6, 6.07) is 12.1. The molecule has 3 rings (SSSR count). The molecule has 0 radical (unpaired) electrons. The maximum absolute atomic E-state index is 2.51. The molecule has 0 spiro atoms. The highest BCUT2D eigenvalue weighted by Gasteiger charge is 2.36. The Morgan fingerprint density at radius 1 is 1.31 bits per heavy atom. The topological polar surface area (TPSA) is 6.25 Å². The standard InChI is InChI=1S/C14H19N2/c1-12(13-6-3-2-4-7-13)16-10-14-8-5-9-15(14)11-16/h2-4,6-7,11-12,14H,5,8-10H2,1H3/q+1/t12-,14+/m1/s1. The summed E-state index contributed by atoms with van der Waals surface area (Å²) in [6.07, 6.45) is 5.08. The number of nitrogens with zero attached hydrogens (tertiary/aromatic N) is 2. The molecule has 0 bridgehead atoms. The van der Waals surface area contributed by atoms with Gasteiger partial charge in [-0.3, -0.25) is 9.48 Å². The van der Waals surface area contributed by atoms with Gasteiger partial charge >= 0.3 is 0 Å². The van der Waals surface area contributed by atoms with Crippen LogP contribution in [-0.4, -0.2) is 34.9 Å². The molecule has 2 heteroatoms. The molecule has 0 aliphatic carbocycles. The fraction of sp³-hybridized carbons (Fsp3) is 0.500. The molecular formula is C14H19N2+. The van der Waals surface area contributed by atoms with Gasteiger partial charge in [-0.25, -0.2) is 0 Å². The molecular weight excluding hydrogens is 196 g/mol. The van der Waals surface area contributed by atoms with Gasteiger partial charge in [0.15, 0.2) is 0 Å². The van der Waals surface area contributed by atoms with E-state index in [1.54, 1.807) is 0 Å². The molecule has 1 aromatic rings. The summed E-state index contributed by atoms with van der Waals surface area (Å²) in [5.74, 6) is 0. The van der Waals surface area contributed by atoms with Crippen LogP contribution in [-0.2, 0) is 0 Å². The molecule has 16 heavy (non-hydrogen) atoms. The average molecular weight is 215 g/mol. The highest BCUT2D eigenvalue weighted by atomic mass is 15.3. The van der Waals surface area contributed by atoms with E-state index >= 15 is 0 Å². The van der Waals surface area contributed by atoms with Gasteiger partial charge in [0, 0.05) is 0 Å². The molecule has 1 fully saturated rings. The molecule has 2 heterocycles. The number of fused-ring (bicyclic) bond motifs is 1. The molecule has 0 saturated carbocycles. The Kier molecular flexibility index (Phi) is 2.43. The fourth-order valence-corrected chi connectivity index (χ4v) is 2.87. The van der Waals surface area contributed by atoms with Gasteiger partial charge in [0.1, 0.15) is 18.6 Å². The smallest absolute Gasteiger partial charge is 0.235 e. The largest absolute Gasteiger partial charge is 0.262 e. The summed E-state index contributed by atoms with van der Waals surface area (Å²) in [4.78, 5) is 2.49. The van der Waals surface area contributed by atoms with E-state index in [0.717, 1.165) is 6.04 Å². The average Bonchev–Trinajstić information content (AvgIpc) is 2.89. The van der Waals surface area contributed by atoms with Crippen LogP contribution in [0.3, 0.4) is 0 Å². The lowest BCUT2D eigenvalue weighted by molar-refractivity contribution is -0.529. The van der Waals surface area contributed by atoms with Crippen molar-refractivity contribution in [2.24, 2.45) is 0 Å². The predicted octanol–water partition coefficient (Wildman–Crippen LogP) is 2.27. The fourth-order valence-electron chi connectivity index (χ4n) is 2.87. The highest BCUT2D eigenvalue weighted by Crippen LogP contribution is 2.25. The zero-order valence-corrected chi connectivity index (χ0v) is 9.84. The number of hydrogen-bond acceptors (Lipinski definition) is 1. The third-order valence-corrected chi connectivity index (χ3v) is 3.92. The van der Waals surface area contributed by atoms with E-state index in [0.29, 0.717) is 6.04 Å². The van der Waals surface area contributed by atoms with E-state index in [1.807, 2.05) is 0 Å². The molecule has 0 N–H and O–H groups in total. The summed E-state index contributed by atoms with van der Waals surface area (Å²) < 4.78 is 2.51. The Morgan fingerprint density at radius 2 is 2.12 bits per heavy atom. The van der Waals surface area contributed by atoms with Gasteiger partial charge in [0.05, 0.1) is 6.54 Å². The van der Waals surface area contributed by atoms with Crippen LogP contribution in [0, 0.1) is 0 Å². The van der Waals surface area contributed by atoms with Crippen LogP contribution in [0.5, 0.6) is 0 Å². The van der Waals surface area contributed by atoms with Gasteiger partial charge < -0.3 is 0 Å². The molecule has 0 amide bonds. The van der Waals surface area contributed by atoms with Crippen molar-refractivity contribution in [2.45, 2.75) is 31.8 Å². The molecule has 2 nitrogen and oxygen atoms in total. The third kappa shape index (κ3) is 1.62. The van der Waals surface area contributed by atoms with E-state index in [2.05, 4.69) is 53.1 Å². The second-order valence-corrected chi connectivity index (χ2v) is 4.93. The van der Waals surface area contributed by atoms with Crippen LogP contribution >= 0.6 is 0 Å². The van der Waals surface area contributed by atoms with Gasteiger partial charge in [-0.15, -0.1) is 0 Å². The maximum Gasteiger partial charge on any atom is 0.235 e. The number of hydrogen-bond donors (Lipinski definition) is 0. The van der Waals surface area contributed by atoms with E-state index < -0.39 is 0 Å². The molecule has 0 unspecified atom stereocenters. The van der Waals surface area contributed by atoms with Gasteiger partial charge in [-0.05, 0) is 25.3 Å². The molecule has 2 aliphatic heterocycles. The van der Waals surface area contributed by atoms with Crippen molar-refractivity contribution in [3.05, 3.63) is 35.9 Å². The van der Waals surface area contributed by atoms with Crippen molar-refractivity contribution in [3.63, 3.8) is 0 Å². The minimum Gasteiger partial charge on any atom is -0.262 e. The first-order chi connectivity index (χ1) is 7.84. The minimum atomic E-state index is 0.506. The second-order valence-electron chi connectivity index (χ2n) is 4.93. The van der Waals surface area contributed by atoms with Crippen LogP contribution in [0.15, 0.2) is 30.3 Å². The summed E-state index contributed by atoms with van der Waals surface area (Å²) >= 11 is 0. The van der Waals surface area contributed by atoms with E-state index in [1.165, 1.54) is 31.5 Å².